The topological polar surface area (TPSA) is 100 Å². The van der Waals surface area contributed by atoms with Crippen molar-refractivity contribution in [2.45, 2.75) is 44.4 Å². The van der Waals surface area contributed by atoms with Crippen molar-refractivity contribution in [3.63, 3.8) is 0 Å². The Labute approximate surface area is 231 Å². The van der Waals surface area contributed by atoms with Gasteiger partial charge in [0.25, 0.3) is 5.56 Å². The number of aromatic amines is 1. The van der Waals surface area contributed by atoms with Crippen LogP contribution in [0.3, 0.4) is 0 Å². The Morgan fingerprint density at radius 3 is 1.90 bits per heavy atom. The molecule has 1 fully saturated rings. The van der Waals surface area contributed by atoms with E-state index in [1.165, 1.54) is 6.33 Å². The normalized spacial score (nSPS) is 21.0. The average Bonchev–Trinajstić information content (AvgIpc) is 3.45. The van der Waals surface area contributed by atoms with E-state index in [1.54, 1.807) is 10.9 Å². The molecule has 0 unspecified atom stereocenters. The predicted molar refractivity (Wildman–Crippen MR) is 148 cm³/mol. The van der Waals surface area contributed by atoms with Crippen LogP contribution >= 0.6 is 0 Å². The Kier molecular flexibility index (Phi) is 8.06. The lowest BCUT2D eigenvalue weighted by Gasteiger charge is -2.42. The van der Waals surface area contributed by atoms with Crippen LogP contribution < -0.4 is 5.56 Å². The third-order valence-corrected chi connectivity index (χ3v) is 6.92. The van der Waals surface area contributed by atoms with E-state index in [0.717, 1.165) is 16.7 Å². The maximum atomic E-state index is 12.4. The third-order valence-electron chi connectivity index (χ3n) is 6.92. The second kappa shape index (κ2) is 12.4. The van der Waals surface area contributed by atoms with Gasteiger partial charge in [0.2, 0.25) is 0 Å². The lowest BCUT2D eigenvalue weighted by molar-refractivity contribution is -0.255. The highest BCUT2D eigenvalue weighted by atomic mass is 16.6. The van der Waals surface area contributed by atoms with Gasteiger partial charge in [0.15, 0.2) is 17.4 Å². The lowest BCUT2D eigenvalue weighted by atomic mass is 10.0. The van der Waals surface area contributed by atoms with Gasteiger partial charge in [-0.3, -0.25) is 9.36 Å². The van der Waals surface area contributed by atoms with Crippen molar-refractivity contribution in [1.82, 2.24) is 19.5 Å². The van der Waals surface area contributed by atoms with Gasteiger partial charge in [0.1, 0.15) is 18.3 Å². The molecule has 3 aromatic carbocycles. The summed E-state index contributed by atoms with van der Waals surface area (Å²) in [6.07, 6.45) is 0.770. The first-order chi connectivity index (χ1) is 19.8. The first kappa shape index (κ1) is 26.1. The lowest BCUT2D eigenvalue weighted by Crippen LogP contribution is -2.54. The second-order valence-electron chi connectivity index (χ2n) is 9.64. The van der Waals surface area contributed by atoms with Gasteiger partial charge in [-0.15, -0.1) is 0 Å². The number of ether oxygens (including phenoxy) is 4. The summed E-state index contributed by atoms with van der Waals surface area (Å²) in [6, 6.07) is 29.9. The smallest absolute Gasteiger partial charge is 0.278 e. The molecule has 1 aliphatic rings. The Morgan fingerprint density at radius 1 is 0.750 bits per heavy atom. The number of rotatable bonds is 10. The summed E-state index contributed by atoms with van der Waals surface area (Å²) in [5.41, 5.74) is 3.43. The molecule has 9 heteroatoms. The number of hydrogen-bond acceptors (Lipinski definition) is 7. The van der Waals surface area contributed by atoms with Crippen molar-refractivity contribution < 1.29 is 18.9 Å². The van der Waals surface area contributed by atoms with Crippen LogP contribution in [0.1, 0.15) is 22.9 Å². The Balaban J connectivity index is 1.33. The van der Waals surface area contributed by atoms with E-state index in [4.69, 9.17) is 18.9 Å². The minimum absolute atomic E-state index is 0.233. The molecular formula is C31H30N4O5. The minimum atomic E-state index is -0.652. The Bertz CT molecular complexity index is 1560. The molecule has 0 aliphatic carbocycles. The maximum absolute atomic E-state index is 12.4. The largest absolute Gasteiger partial charge is 0.368 e. The summed E-state index contributed by atoms with van der Waals surface area (Å²) in [6.45, 7) is 1.37. The zero-order chi connectivity index (χ0) is 27.1. The summed E-state index contributed by atoms with van der Waals surface area (Å²) in [5.74, 6) is 0. The number of nitrogens with zero attached hydrogens (tertiary/aromatic N) is 3. The molecule has 1 saturated heterocycles. The number of fused-ring (bicyclic) bond motifs is 1. The van der Waals surface area contributed by atoms with Crippen LogP contribution in [0.25, 0.3) is 11.2 Å². The fourth-order valence-electron chi connectivity index (χ4n) is 4.88. The summed E-state index contributed by atoms with van der Waals surface area (Å²) in [4.78, 5) is 23.6. The van der Waals surface area contributed by atoms with E-state index < -0.39 is 24.5 Å². The van der Waals surface area contributed by atoms with Crippen LogP contribution in [0.2, 0.25) is 0 Å². The van der Waals surface area contributed by atoms with Crippen LogP contribution in [-0.4, -0.2) is 44.4 Å². The van der Waals surface area contributed by atoms with E-state index in [0.29, 0.717) is 25.5 Å². The van der Waals surface area contributed by atoms with Gasteiger partial charge < -0.3 is 23.9 Å². The third kappa shape index (κ3) is 5.88. The quantitative estimate of drug-likeness (QED) is 0.281. The van der Waals surface area contributed by atoms with Crippen LogP contribution in [0.15, 0.2) is 108 Å². The molecule has 2 aromatic heterocycles. The summed E-state index contributed by atoms with van der Waals surface area (Å²) in [7, 11) is 0. The van der Waals surface area contributed by atoms with Crippen LogP contribution in [-0.2, 0) is 38.8 Å². The molecule has 6 rings (SSSR count). The monoisotopic (exact) mass is 538 g/mol. The van der Waals surface area contributed by atoms with E-state index in [-0.39, 0.29) is 17.7 Å². The molecule has 3 heterocycles. The number of benzene rings is 3. The number of hydrogen-bond donors (Lipinski definition) is 1. The van der Waals surface area contributed by atoms with Crippen LogP contribution in [0.4, 0.5) is 0 Å². The SMILES string of the molecule is O=c1[nH]cnc2c1ncn2[C@H]1OC[C@@H](OCc2ccccc2)[C@@H](OCc2ccccc2)[C@@H]1OCc1ccccc1. The molecule has 0 bridgehead atoms. The van der Waals surface area contributed by atoms with Gasteiger partial charge in [0, 0.05) is 0 Å². The molecule has 1 aliphatic heterocycles. The molecule has 204 valence electrons. The van der Waals surface area contributed by atoms with Crippen LogP contribution in [0, 0.1) is 0 Å². The second-order valence-corrected chi connectivity index (χ2v) is 9.64. The number of H-pyrrole nitrogens is 1. The average molecular weight is 539 g/mol. The molecule has 4 atom stereocenters. The summed E-state index contributed by atoms with van der Waals surface area (Å²) in [5, 5.41) is 0. The Hall–Kier alpha value is -4.15. The van der Waals surface area contributed by atoms with Crippen molar-refractivity contribution in [3.05, 3.63) is 131 Å². The molecule has 9 nitrogen and oxygen atoms in total. The van der Waals surface area contributed by atoms with Gasteiger partial charge in [-0.1, -0.05) is 91.0 Å². The molecule has 5 aromatic rings. The zero-order valence-corrected chi connectivity index (χ0v) is 21.8. The van der Waals surface area contributed by atoms with Gasteiger partial charge in [0.05, 0.1) is 39.1 Å². The van der Waals surface area contributed by atoms with E-state index in [9.17, 15) is 4.79 Å². The highest BCUT2D eigenvalue weighted by molar-refractivity contribution is 5.68. The minimum Gasteiger partial charge on any atom is -0.368 e. The molecule has 1 N–H and O–H groups in total. The first-order valence-electron chi connectivity index (χ1n) is 13.2. The number of nitrogens with one attached hydrogen (secondary N) is 1. The maximum Gasteiger partial charge on any atom is 0.278 e. The Morgan fingerprint density at radius 2 is 1.30 bits per heavy atom. The fourth-order valence-corrected chi connectivity index (χ4v) is 4.88. The standard InChI is InChI=1S/C31H30N4O5/c36-30-26-29(32-20-33-30)35(21-34-26)31-28(39-18-24-14-8-3-9-15-24)27(38-17-23-12-6-2-7-13-23)25(19-40-31)37-16-22-10-4-1-5-11-22/h1-15,20-21,25,27-28,31H,16-19H2,(H,32,33,36)/t25-,27-,28+,31+/m1/s1. The van der Waals surface area contributed by atoms with Crippen LogP contribution in [0.5, 0.6) is 0 Å². The predicted octanol–water partition coefficient (Wildman–Crippen LogP) is 4.40. The molecule has 0 amide bonds. The summed E-state index contributed by atoms with van der Waals surface area (Å²) >= 11 is 0. The number of aromatic nitrogens is 4. The van der Waals surface area contributed by atoms with Crippen molar-refractivity contribution in [1.29, 1.82) is 0 Å². The fraction of sp³-hybridized carbons (Fsp3) is 0.258. The molecule has 0 spiro atoms. The van der Waals surface area contributed by atoms with Crippen molar-refractivity contribution in [2.24, 2.45) is 0 Å². The van der Waals surface area contributed by atoms with Crippen molar-refractivity contribution in [2.75, 3.05) is 6.61 Å². The molecule has 0 radical (unpaired) electrons. The highest BCUT2D eigenvalue weighted by Crippen LogP contribution is 2.33. The van der Waals surface area contributed by atoms with Gasteiger partial charge in [-0.2, -0.15) is 0 Å². The molecule has 0 saturated carbocycles. The van der Waals surface area contributed by atoms with Crippen molar-refractivity contribution >= 4 is 11.2 Å². The van der Waals surface area contributed by atoms with E-state index in [2.05, 4.69) is 15.0 Å². The first-order valence-corrected chi connectivity index (χ1v) is 13.2. The summed E-state index contributed by atoms with van der Waals surface area (Å²) < 4.78 is 27.7. The van der Waals surface area contributed by atoms with E-state index >= 15 is 0 Å². The van der Waals surface area contributed by atoms with E-state index in [1.807, 2.05) is 91.0 Å². The highest BCUT2D eigenvalue weighted by Gasteiger charge is 2.44. The molecular weight excluding hydrogens is 508 g/mol. The van der Waals surface area contributed by atoms with Crippen molar-refractivity contribution in [3.8, 4) is 0 Å². The zero-order valence-electron chi connectivity index (χ0n) is 21.8. The van der Waals surface area contributed by atoms with Gasteiger partial charge in [-0.05, 0) is 16.7 Å². The molecule has 40 heavy (non-hydrogen) atoms. The van der Waals surface area contributed by atoms with Gasteiger partial charge in [-0.25, -0.2) is 9.97 Å². The van der Waals surface area contributed by atoms with Gasteiger partial charge >= 0.3 is 0 Å². The number of imidazole rings is 1.